The Hall–Kier alpha value is -1.73. The highest BCUT2D eigenvalue weighted by molar-refractivity contribution is 5.61. The van der Waals surface area contributed by atoms with Crippen molar-refractivity contribution in [3.8, 4) is 0 Å². The molecule has 23 heavy (non-hydrogen) atoms. The van der Waals surface area contributed by atoms with Crippen molar-refractivity contribution >= 4 is 11.4 Å². The number of hydrogen-bond donors (Lipinski definition) is 1. The molecule has 2 aliphatic rings. The zero-order valence-electron chi connectivity index (χ0n) is 13.0. The van der Waals surface area contributed by atoms with Gasteiger partial charge in [-0.15, -0.1) is 0 Å². The van der Waals surface area contributed by atoms with E-state index < -0.39 is 10.7 Å². The largest absolute Gasteiger partial charge is 0.381 e. The van der Waals surface area contributed by atoms with Gasteiger partial charge in [-0.3, -0.25) is 15.0 Å². The van der Waals surface area contributed by atoms with Crippen molar-refractivity contribution in [2.45, 2.75) is 25.3 Å². The molecule has 0 unspecified atom stereocenters. The first-order chi connectivity index (χ1) is 11.1. The van der Waals surface area contributed by atoms with Gasteiger partial charge in [-0.2, -0.15) is 0 Å². The van der Waals surface area contributed by atoms with Gasteiger partial charge in [0.15, 0.2) is 0 Å². The third-order valence-electron chi connectivity index (χ3n) is 4.78. The molecule has 6 nitrogen and oxygen atoms in total. The van der Waals surface area contributed by atoms with Crippen LogP contribution in [0, 0.1) is 21.8 Å². The third kappa shape index (κ3) is 3.79. The lowest BCUT2D eigenvalue weighted by molar-refractivity contribution is -0.384. The van der Waals surface area contributed by atoms with Gasteiger partial charge in [-0.1, -0.05) is 0 Å². The van der Waals surface area contributed by atoms with Crippen molar-refractivity contribution < 1.29 is 14.1 Å². The van der Waals surface area contributed by atoms with E-state index in [0.717, 1.165) is 38.8 Å². The van der Waals surface area contributed by atoms with E-state index in [1.807, 2.05) is 0 Å². The van der Waals surface area contributed by atoms with E-state index in [1.165, 1.54) is 25.0 Å². The molecule has 2 fully saturated rings. The number of nitrogens with one attached hydrogen (secondary N) is 1. The lowest BCUT2D eigenvalue weighted by Gasteiger charge is -2.32. The molecule has 2 atom stereocenters. The lowest BCUT2D eigenvalue weighted by Crippen LogP contribution is -2.44. The van der Waals surface area contributed by atoms with Crippen LogP contribution in [0.3, 0.4) is 0 Å². The molecule has 0 spiro atoms. The van der Waals surface area contributed by atoms with Gasteiger partial charge < -0.3 is 10.1 Å². The highest BCUT2D eigenvalue weighted by Gasteiger charge is 2.32. The van der Waals surface area contributed by atoms with Crippen molar-refractivity contribution in [2.75, 3.05) is 38.2 Å². The molecule has 7 heteroatoms. The summed E-state index contributed by atoms with van der Waals surface area (Å²) in [5, 5.41) is 14.3. The molecule has 2 saturated heterocycles. The Labute approximate surface area is 134 Å². The normalized spacial score (nSPS) is 23.1. The minimum atomic E-state index is -0.595. The average molecular weight is 323 g/mol. The van der Waals surface area contributed by atoms with Crippen LogP contribution in [0.1, 0.15) is 19.3 Å². The zero-order valence-corrected chi connectivity index (χ0v) is 13.0. The molecule has 0 radical (unpaired) electrons. The van der Waals surface area contributed by atoms with Crippen LogP contribution in [0.2, 0.25) is 0 Å². The highest BCUT2D eigenvalue weighted by atomic mass is 19.1. The van der Waals surface area contributed by atoms with Crippen molar-refractivity contribution in [2.24, 2.45) is 5.92 Å². The van der Waals surface area contributed by atoms with E-state index in [4.69, 9.17) is 4.74 Å². The Morgan fingerprint density at radius 2 is 2.22 bits per heavy atom. The maximum Gasteiger partial charge on any atom is 0.295 e. The average Bonchev–Trinajstić information content (AvgIpc) is 3.22. The van der Waals surface area contributed by atoms with E-state index in [-0.39, 0.29) is 5.69 Å². The molecular weight excluding hydrogens is 301 g/mol. The number of nitrogens with zero attached hydrogens (tertiary/aromatic N) is 2. The molecule has 3 rings (SSSR count). The number of anilines is 1. The van der Waals surface area contributed by atoms with Gasteiger partial charge in [0, 0.05) is 25.1 Å². The quantitative estimate of drug-likeness (QED) is 0.644. The van der Waals surface area contributed by atoms with Gasteiger partial charge in [0.25, 0.3) is 5.69 Å². The van der Waals surface area contributed by atoms with Crippen LogP contribution in [-0.2, 0) is 4.74 Å². The van der Waals surface area contributed by atoms with Crippen LogP contribution < -0.4 is 5.32 Å². The summed E-state index contributed by atoms with van der Waals surface area (Å²) in [6.45, 7) is 4.27. The molecule has 0 bridgehead atoms. The highest BCUT2D eigenvalue weighted by Crippen LogP contribution is 2.28. The standard InChI is InChI=1S/C16H22FN3O3/c17-13-3-4-14(15(9-13)20(21)22)18-10-16(12-5-8-23-11-12)19-6-1-2-7-19/h3-4,9,12,16,18H,1-2,5-8,10-11H2/t12-,16+/m0/s1. The van der Waals surface area contributed by atoms with Crippen LogP contribution >= 0.6 is 0 Å². The first kappa shape index (κ1) is 16.1. The Balaban J connectivity index is 1.72. The Kier molecular flexibility index (Phi) is 5.07. The molecule has 1 aromatic rings. The van der Waals surface area contributed by atoms with Crippen LogP contribution in [0.5, 0.6) is 0 Å². The summed E-state index contributed by atoms with van der Waals surface area (Å²) in [4.78, 5) is 13.0. The molecule has 0 saturated carbocycles. The summed E-state index contributed by atoms with van der Waals surface area (Å²) in [6, 6.07) is 3.95. The summed E-state index contributed by atoms with van der Waals surface area (Å²) in [5.41, 5.74) is 0.160. The molecule has 0 amide bonds. The van der Waals surface area contributed by atoms with Crippen LogP contribution in [0.25, 0.3) is 0 Å². The maximum absolute atomic E-state index is 13.2. The second kappa shape index (κ2) is 7.23. The molecule has 0 aromatic heterocycles. The maximum atomic E-state index is 13.2. The minimum absolute atomic E-state index is 0.215. The minimum Gasteiger partial charge on any atom is -0.381 e. The Morgan fingerprint density at radius 1 is 1.43 bits per heavy atom. The van der Waals surface area contributed by atoms with Gasteiger partial charge in [0.2, 0.25) is 0 Å². The Bertz CT molecular complexity index is 542. The smallest absolute Gasteiger partial charge is 0.295 e. The van der Waals surface area contributed by atoms with E-state index in [1.54, 1.807) is 0 Å². The van der Waals surface area contributed by atoms with E-state index in [2.05, 4.69) is 10.2 Å². The fourth-order valence-corrected chi connectivity index (χ4v) is 3.54. The molecule has 1 aromatic carbocycles. The van der Waals surface area contributed by atoms with Crippen LogP contribution in [0.15, 0.2) is 18.2 Å². The number of nitro benzene ring substituents is 1. The molecule has 0 aliphatic carbocycles. The number of nitro groups is 1. The second-order valence-corrected chi connectivity index (χ2v) is 6.23. The Morgan fingerprint density at radius 3 is 2.87 bits per heavy atom. The van der Waals surface area contributed by atoms with Gasteiger partial charge in [0.05, 0.1) is 17.6 Å². The molecule has 1 N–H and O–H groups in total. The summed E-state index contributed by atoms with van der Waals surface area (Å²) >= 11 is 0. The topological polar surface area (TPSA) is 67.6 Å². The second-order valence-electron chi connectivity index (χ2n) is 6.23. The first-order valence-corrected chi connectivity index (χ1v) is 8.15. The molecular formula is C16H22FN3O3. The fraction of sp³-hybridized carbons (Fsp3) is 0.625. The van der Waals surface area contributed by atoms with Crippen LogP contribution in [0.4, 0.5) is 15.8 Å². The van der Waals surface area contributed by atoms with E-state index in [9.17, 15) is 14.5 Å². The van der Waals surface area contributed by atoms with Gasteiger partial charge in [-0.25, -0.2) is 4.39 Å². The molecule has 2 aliphatic heterocycles. The number of ether oxygens (including phenoxy) is 1. The first-order valence-electron chi connectivity index (χ1n) is 8.15. The number of likely N-dealkylation sites (tertiary alicyclic amines) is 1. The predicted molar refractivity (Wildman–Crippen MR) is 85.1 cm³/mol. The van der Waals surface area contributed by atoms with Gasteiger partial charge in [0.1, 0.15) is 11.5 Å². The fourth-order valence-electron chi connectivity index (χ4n) is 3.54. The summed E-state index contributed by atoms with van der Waals surface area (Å²) in [7, 11) is 0. The van der Waals surface area contributed by atoms with Crippen molar-refractivity contribution in [3.05, 3.63) is 34.1 Å². The van der Waals surface area contributed by atoms with Crippen molar-refractivity contribution in [1.29, 1.82) is 0 Å². The number of halogens is 1. The number of rotatable bonds is 6. The lowest BCUT2D eigenvalue weighted by atomic mass is 9.97. The summed E-state index contributed by atoms with van der Waals surface area (Å²) in [6.07, 6.45) is 3.41. The van der Waals surface area contributed by atoms with E-state index in [0.29, 0.717) is 24.2 Å². The van der Waals surface area contributed by atoms with Crippen molar-refractivity contribution in [3.63, 3.8) is 0 Å². The number of benzene rings is 1. The van der Waals surface area contributed by atoms with Gasteiger partial charge in [-0.05, 0) is 44.5 Å². The van der Waals surface area contributed by atoms with E-state index >= 15 is 0 Å². The third-order valence-corrected chi connectivity index (χ3v) is 4.78. The molecule has 126 valence electrons. The van der Waals surface area contributed by atoms with Crippen LogP contribution in [-0.4, -0.2) is 48.7 Å². The SMILES string of the molecule is O=[N+]([O-])c1cc(F)ccc1NC[C@H]([C@H]1CCOC1)N1CCCC1. The zero-order chi connectivity index (χ0) is 16.2. The molecule has 2 heterocycles. The predicted octanol–water partition coefficient (Wildman–Crippen LogP) is 2.65. The number of hydrogen-bond acceptors (Lipinski definition) is 5. The monoisotopic (exact) mass is 323 g/mol. The van der Waals surface area contributed by atoms with Gasteiger partial charge >= 0.3 is 0 Å². The summed E-state index contributed by atoms with van der Waals surface area (Å²) in [5.74, 6) is -0.150. The summed E-state index contributed by atoms with van der Waals surface area (Å²) < 4.78 is 18.8. The van der Waals surface area contributed by atoms with Crippen molar-refractivity contribution in [1.82, 2.24) is 4.90 Å².